The van der Waals surface area contributed by atoms with E-state index in [4.69, 9.17) is 0 Å². The lowest BCUT2D eigenvalue weighted by Gasteiger charge is -2.08. The van der Waals surface area contributed by atoms with Gasteiger partial charge in [-0.05, 0) is 30.7 Å². The zero-order chi connectivity index (χ0) is 12.2. The summed E-state index contributed by atoms with van der Waals surface area (Å²) in [4.78, 5) is 11.1. The maximum Gasteiger partial charge on any atom is 0.416 e. The molecule has 0 bridgehead atoms. The Hall–Kier alpha value is -1.52. The van der Waals surface area contributed by atoms with Crippen molar-refractivity contribution < 1.29 is 18.0 Å². The van der Waals surface area contributed by atoms with Crippen molar-refractivity contribution in [3.8, 4) is 0 Å². The minimum atomic E-state index is -4.35. The summed E-state index contributed by atoms with van der Waals surface area (Å²) in [6.45, 7) is 3.50. The van der Waals surface area contributed by atoms with Gasteiger partial charge in [-0.1, -0.05) is 6.92 Å². The number of amides is 1. The highest BCUT2D eigenvalue weighted by Gasteiger charge is 2.29. The van der Waals surface area contributed by atoms with E-state index in [9.17, 15) is 18.0 Å². The van der Waals surface area contributed by atoms with Gasteiger partial charge in [0.05, 0.1) is 5.56 Å². The molecule has 16 heavy (non-hydrogen) atoms. The smallest absolute Gasteiger partial charge is 0.326 e. The van der Waals surface area contributed by atoms with Crippen LogP contribution in [0.5, 0.6) is 0 Å². The van der Waals surface area contributed by atoms with Crippen LogP contribution in [0.4, 0.5) is 18.9 Å². The van der Waals surface area contributed by atoms with Crippen LogP contribution in [0, 0.1) is 6.92 Å². The molecular formula is C11H11F3NO. The van der Waals surface area contributed by atoms with Crippen molar-refractivity contribution in [2.24, 2.45) is 0 Å². The molecule has 0 atom stereocenters. The maximum atomic E-state index is 12.2. The Morgan fingerprint density at radius 1 is 1.25 bits per heavy atom. The summed E-state index contributed by atoms with van der Waals surface area (Å²) in [6.07, 6.45) is -3.65. The van der Waals surface area contributed by atoms with Crippen LogP contribution in [0.15, 0.2) is 24.3 Å². The summed E-state index contributed by atoms with van der Waals surface area (Å²) in [7, 11) is 0. The minimum absolute atomic E-state index is 0.251. The van der Waals surface area contributed by atoms with Crippen LogP contribution in [0.25, 0.3) is 0 Å². The van der Waals surface area contributed by atoms with Gasteiger partial charge in [0.25, 0.3) is 0 Å². The highest BCUT2D eigenvalue weighted by molar-refractivity contribution is 5.90. The largest absolute Gasteiger partial charge is 0.416 e. The zero-order valence-electron chi connectivity index (χ0n) is 8.47. The van der Waals surface area contributed by atoms with Crippen molar-refractivity contribution >= 4 is 11.6 Å². The number of alkyl halides is 3. The number of hydrogen-bond donors (Lipinski definition) is 1. The molecule has 0 heterocycles. The number of anilines is 1. The van der Waals surface area contributed by atoms with Gasteiger partial charge in [-0.2, -0.15) is 13.2 Å². The quantitative estimate of drug-likeness (QED) is 0.848. The van der Waals surface area contributed by atoms with E-state index >= 15 is 0 Å². The van der Waals surface area contributed by atoms with Crippen molar-refractivity contribution in [2.75, 3.05) is 5.32 Å². The minimum Gasteiger partial charge on any atom is -0.326 e. The summed E-state index contributed by atoms with van der Waals surface area (Å²) in [5.74, 6) is -0.255. The van der Waals surface area contributed by atoms with Gasteiger partial charge in [-0.15, -0.1) is 0 Å². The van der Waals surface area contributed by atoms with Crippen molar-refractivity contribution in [1.29, 1.82) is 0 Å². The second kappa shape index (κ2) is 5.01. The van der Waals surface area contributed by atoms with Crippen LogP contribution in [0.1, 0.15) is 18.4 Å². The molecule has 1 radical (unpaired) electrons. The van der Waals surface area contributed by atoms with Crippen LogP contribution >= 0.6 is 0 Å². The molecular weight excluding hydrogens is 219 g/mol. The van der Waals surface area contributed by atoms with Gasteiger partial charge >= 0.3 is 6.18 Å². The Morgan fingerprint density at radius 2 is 1.81 bits per heavy atom. The molecule has 1 aromatic carbocycles. The molecule has 5 heteroatoms. The molecule has 1 amide bonds. The van der Waals surface area contributed by atoms with Crippen LogP contribution in [-0.2, 0) is 11.0 Å². The van der Waals surface area contributed by atoms with E-state index in [2.05, 4.69) is 12.2 Å². The first-order chi connectivity index (χ1) is 7.43. The molecule has 0 aliphatic carbocycles. The van der Waals surface area contributed by atoms with E-state index in [-0.39, 0.29) is 12.3 Å². The molecule has 0 unspecified atom stereocenters. The van der Waals surface area contributed by atoms with Crippen LogP contribution in [0.3, 0.4) is 0 Å². The average molecular weight is 230 g/mol. The molecule has 0 aliphatic rings. The molecule has 0 aromatic heterocycles. The number of halogens is 3. The van der Waals surface area contributed by atoms with Gasteiger partial charge in [-0.3, -0.25) is 4.79 Å². The lowest BCUT2D eigenvalue weighted by atomic mass is 10.2. The number of nitrogens with one attached hydrogen (secondary N) is 1. The molecule has 87 valence electrons. The number of carbonyl (C=O) groups excluding carboxylic acids is 1. The van der Waals surface area contributed by atoms with Crippen LogP contribution < -0.4 is 5.32 Å². The van der Waals surface area contributed by atoms with E-state index in [1.807, 2.05) is 0 Å². The third-order valence-corrected chi connectivity index (χ3v) is 1.90. The lowest BCUT2D eigenvalue weighted by molar-refractivity contribution is -0.137. The van der Waals surface area contributed by atoms with Crippen LogP contribution in [0.2, 0.25) is 0 Å². The summed E-state index contributed by atoms with van der Waals surface area (Å²) in [5.41, 5.74) is -0.380. The van der Waals surface area contributed by atoms with Crippen molar-refractivity contribution in [3.63, 3.8) is 0 Å². The fraction of sp³-hybridized carbons (Fsp3) is 0.273. The number of carbonyl (C=O) groups is 1. The van der Waals surface area contributed by atoms with Crippen LogP contribution in [-0.4, -0.2) is 5.91 Å². The molecule has 0 spiro atoms. The first-order valence-electron chi connectivity index (χ1n) is 4.70. The van der Waals surface area contributed by atoms with Gasteiger partial charge < -0.3 is 5.32 Å². The van der Waals surface area contributed by atoms with E-state index in [1.165, 1.54) is 12.1 Å². The second-order valence-electron chi connectivity index (χ2n) is 3.23. The Kier molecular flexibility index (Phi) is 3.93. The SMILES string of the molecule is [CH2]CCC(=O)Nc1ccc(C(F)(F)F)cc1. The molecule has 2 nitrogen and oxygen atoms in total. The number of benzene rings is 1. The van der Waals surface area contributed by atoms with E-state index in [1.54, 1.807) is 0 Å². The van der Waals surface area contributed by atoms with Gasteiger partial charge in [0.2, 0.25) is 5.91 Å². The second-order valence-corrected chi connectivity index (χ2v) is 3.23. The predicted octanol–water partition coefficient (Wildman–Crippen LogP) is 3.26. The van der Waals surface area contributed by atoms with Gasteiger partial charge in [-0.25, -0.2) is 0 Å². The Bertz CT molecular complexity index is 356. The Labute approximate surface area is 91.5 Å². The third-order valence-electron chi connectivity index (χ3n) is 1.90. The topological polar surface area (TPSA) is 29.1 Å². The molecule has 0 saturated carbocycles. The summed E-state index contributed by atoms with van der Waals surface area (Å²) in [6, 6.07) is 4.31. The van der Waals surface area contributed by atoms with E-state index < -0.39 is 11.7 Å². The van der Waals surface area contributed by atoms with Gasteiger partial charge in [0, 0.05) is 12.1 Å². The average Bonchev–Trinajstić information content (AvgIpc) is 2.17. The molecule has 1 rings (SSSR count). The summed E-state index contributed by atoms with van der Waals surface area (Å²) >= 11 is 0. The summed E-state index contributed by atoms with van der Waals surface area (Å²) in [5, 5.41) is 2.48. The zero-order valence-corrected chi connectivity index (χ0v) is 8.47. The third kappa shape index (κ3) is 3.56. The van der Waals surface area contributed by atoms with Gasteiger partial charge in [0.1, 0.15) is 0 Å². The molecule has 0 saturated heterocycles. The number of rotatable bonds is 3. The highest BCUT2D eigenvalue weighted by Crippen LogP contribution is 2.29. The summed E-state index contributed by atoms with van der Waals surface area (Å²) < 4.78 is 36.6. The van der Waals surface area contributed by atoms with Gasteiger partial charge in [0.15, 0.2) is 0 Å². The predicted molar refractivity (Wildman–Crippen MR) is 54.7 cm³/mol. The Morgan fingerprint density at radius 3 is 2.25 bits per heavy atom. The van der Waals surface area contributed by atoms with Crippen molar-refractivity contribution in [2.45, 2.75) is 19.0 Å². The Balaban J connectivity index is 2.69. The van der Waals surface area contributed by atoms with E-state index in [0.717, 1.165) is 12.1 Å². The number of hydrogen-bond acceptors (Lipinski definition) is 1. The fourth-order valence-corrected chi connectivity index (χ4v) is 1.13. The van der Waals surface area contributed by atoms with Crippen molar-refractivity contribution in [3.05, 3.63) is 36.8 Å². The molecule has 0 fully saturated rings. The fourth-order valence-electron chi connectivity index (χ4n) is 1.13. The standard InChI is InChI=1S/C11H11F3NO/c1-2-3-10(16)15-9-6-4-8(5-7-9)11(12,13)14/h4-7H,1-3H2,(H,15,16). The first kappa shape index (κ1) is 12.5. The highest BCUT2D eigenvalue weighted by atomic mass is 19.4. The maximum absolute atomic E-state index is 12.2. The molecule has 0 aliphatic heterocycles. The van der Waals surface area contributed by atoms with Crippen molar-refractivity contribution in [1.82, 2.24) is 0 Å². The monoisotopic (exact) mass is 230 g/mol. The molecule has 1 aromatic rings. The first-order valence-corrected chi connectivity index (χ1v) is 4.70. The lowest BCUT2D eigenvalue weighted by Crippen LogP contribution is -2.11. The van der Waals surface area contributed by atoms with E-state index in [0.29, 0.717) is 12.1 Å². The normalized spacial score (nSPS) is 11.2. The molecule has 1 N–H and O–H groups in total.